The van der Waals surface area contributed by atoms with Gasteiger partial charge in [-0.05, 0) is 59.7 Å². The van der Waals surface area contributed by atoms with Crippen LogP contribution in [0, 0.1) is 3.57 Å². The quantitative estimate of drug-likeness (QED) is 0.672. The zero-order valence-electron chi connectivity index (χ0n) is 14.5. The third kappa shape index (κ3) is 4.26. The molecule has 2 aromatic rings. The molecule has 1 aliphatic heterocycles. The van der Waals surface area contributed by atoms with Crippen LogP contribution in [-0.2, 0) is 17.1 Å². The summed E-state index contributed by atoms with van der Waals surface area (Å²) in [5.74, 6) is -0.321. The zero-order valence-corrected chi connectivity index (χ0v) is 17.5. The van der Waals surface area contributed by atoms with Crippen LogP contribution in [0.15, 0.2) is 35.4 Å². The minimum atomic E-state index is -3.48. The Morgan fingerprint density at radius 1 is 1.12 bits per heavy atom. The average Bonchev–Trinajstić information content (AvgIpc) is 2.80. The second-order valence-corrected chi connectivity index (χ2v) is 9.40. The maximum Gasteiger partial charge on any atom is 0.277 e. The van der Waals surface area contributed by atoms with E-state index in [-0.39, 0.29) is 10.8 Å². The Morgan fingerprint density at radius 2 is 1.73 bits per heavy atom. The number of amides is 1. The predicted octanol–water partition coefficient (Wildman–Crippen LogP) is 2.84. The van der Waals surface area contributed by atoms with Crippen LogP contribution in [0.2, 0.25) is 0 Å². The van der Waals surface area contributed by atoms with Gasteiger partial charge in [-0.15, -0.1) is 0 Å². The smallest absolute Gasteiger partial charge is 0.277 e. The highest BCUT2D eigenvalue weighted by molar-refractivity contribution is 14.1. The maximum absolute atomic E-state index is 12.8. The summed E-state index contributed by atoms with van der Waals surface area (Å²) in [6.45, 7) is 1.14. The maximum atomic E-state index is 12.8. The molecule has 1 N–H and O–H groups in total. The molecule has 2 heterocycles. The van der Waals surface area contributed by atoms with E-state index >= 15 is 0 Å². The number of aromatic nitrogens is 2. The first-order valence-corrected chi connectivity index (χ1v) is 11.0. The third-order valence-corrected chi connectivity index (χ3v) is 7.02. The lowest BCUT2D eigenvalue weighted by Gasteiger charge is -2.20. The van der Waals surface area contributed by atoms with Gasteiger partial charge >= 0.3 is 0 Å². The largest absolute Gasteiger partial charge is 0.321 e. The van der Waals surface area contributed by atoms with E-state index < -0.39 is 10.0 Å². The van der Waals surface area contributed by atoms with Crippen LogP contribution >= 0.6 is 22.6 Å². The van der Waals surface area contributed by atoms with E-state index in [1.54, 1.807) is 46.5 Å². The molecule has 1 amide bonds. The van der Waals surface area contributed by atoms with Crippen molar-refractivity contribution in [1.29, 1.82) is 0 Å². The minimum Gasteiger partial charge on any atom is -0.321 e. The summed E-state index contributed by atoms with van der Waals surface area (Å²) in [6.07, 6.45) is 5.70. The number of rotatable bonds is 4. The van der Waals surface area contributed by atoms with E-state index in [4.69, 9.17) is 0 Å². The second kappa shape index (κ2) is 8.05. The molecule has 7 nitrogen and oxygen atoms in total. The van der Waals surface area contributed by atoms with E-state index in [0.717, 1.165) is 29.3 Å². The number of sulfonamides is 1. The molecule has 9 heteroatoms. The molecule has 0 bridgehead atoms. The predicted molar refractivity (Wildman–Crippen MR) is 108 cm³/mol. The first-order chi connectivity index (χ1) is 12.4. The van der Waals surface area contributed by atoms with Crippen molar-refractivity contribution in [3.63, 3.8) is 0 Å². The molecular formula is C17H21IN4O3S. The highest BCUT2D eigenvalue weighted by atomic mass is 127. The van der Waals surface area contributed by atoms with Crippen LogP contribution in [0.3, 0.4) is 0 Å². The average molecular weight is 488 g/mol. The fourth-order valence-electron chi connectivity index (χ4n) is 2.95. The van der Waals surface area contributed by atoms with Gasteiger partial charge in [-0.3, -0.25) is 9.48 Å². The topological polar surface area (TPSA) is 84.3 Å². The van der Waals surface area contributed by atoms with Crippen LogP contribution in [0.5, 0.6) is 0 Å². The standard InChI is InChI=1S/C17H21IN4O3S/c1-21-12-15(18)16(20-21)17(23)19-13-6-8-14(9-7-13)26(24,25)22-10-4-2-3-5-11-22/h6-9,12H,2-5,10-11H2,1H3,(H,19,23). The van der Waals surface area contributed by atoms with Crippen LogP contribution in [0.1, 0.15) is 36.2 Å². The molecule has 26 heavy (non-hydrogen) atoms. The Bertz CT molecular complexity index is 885. The van der Waals surface area contributed by atoms with Gasteiger partial charge in [-0.1, -0.05) is 12.8 Å². The third-order valence-electron chi connectivity index (χ3n) is 4.31. The van der Waals surface area contributed by atoms with Crippen LogP contribution in [0.25, 0.3) is 0 Å². The summed E-state index contributed by atoms with van der Waals surface area (Å²) in [5.41, 5.74) is 0.876. The Labute approximate surface area is 167 Å². The van der Waals surface area contributed by atoms with Gasteiger partial charge < -0.3 is 5.32 Å². The number of nitrogens with zero attached hydrogens (tertiary/aromatic N) is 3. The lowest BCUT2D eigenvalue weighted by molar-refractivity contribution is 0.102. The molecule has 0 radical (unpaired) electrons. The summed E-state index contributed by atoms with van der Waals surface area (Å²) in [5, 5.41) is 6.88. The highest BCUT2D eigenvalue weighted by Crippen LogP contribution is 2.22. The molecule has 0 unspecified atom stereocenters. The Kier molecular flexibility index (Phi) is 5.98. The molecule has 0 spiro atoms. The number of carbonyl (C=O) groups excluding carboxylic acids is 1. The van der Waals surface area contributed by atoms with Gasteiger partial charge in [0.2, 0.25) is 10.0 Å². The molecule has 140 valence electrons. The molecule has 1 aromatic carbocycles. The minimum absolute atomic E-state index is 0.254. The van der Waals surface area contributed by atoms with Gasteiger partial charge in [-0.2, -0.15) is 9.40 Å². The van der Waals surface area contributed by atoms with Gasteiger partial charge in [0, 0.05) is 32.0 Å². The summed E-state index contributed by atoms with van der Waals surface area (Å²) >= 11 is 2.05. The lowest BCUT2D eigenvalue weighted by atomic mass is 10.2. The van der Waals surface area contributed by atoms with Gasteiger partial charge in [0.1, 0.15) is 0 Å². The molecule has 0 aliphatic carbocycles. The van der Waals surface area contributed by atoms with E-state index in [0.29, 0.717) is 24.5 Å². The van der Waals surface area contributed by atoms with Gasteiger partial charge in [-0.25, -0.2) is 8.42 Å². The summed E-state index contributed by atoms with van der Waals surface area (Å²) in [4.78, 5) is 12.6. The molecule has 1 saturated heterocycles. The zero-order chi connectivity index (χ0) is 18.7. The van der Waals surface area contributed by atoms with Crippen molar-refractivity contribution in [3.8, 4) is 0 Å². The number of anilines is 1. The lowest BCUT2D eigenvalue weighted by Crippen LogP contribution is -2.31. The summed E-state index contributed by atoms with van der Waals surface area (Å²) in [6, 6.07) is 6.30. The number of hydrogen-bond acceptors (Lipinski definition) is 4. The number of nitrogens with one attached hydrogen (secondary N) is 1. The second-order valence-electron chi connectivity index (χ2n) is 6.30. The number of carbonyl (C=O) groups is 1. The van der Waals surface area contributed by atoms with Gasteiger partial charge in [0.15, 0.2) is 5.69 Å². The number of benzene rings is 1. The Morgan fingerprint density at radius 3 is 2.27 bits per heavy atom. The Hall–Kier alpha value is -1.46. The van der Waals surface area contributed by atoms with Crippen LogP contribution in [0.4, 0.5) is 5.69 Å². The fraction of sp³-hybridized carbons (Fsp3) is 0.412. The van der Waals surface area contributed by atoms with Gasteiger partial charge in [0.05, 0.1) is 8.47 Å². The SMILES string of the molecule is Cn1cc(I)c(C(=O)Nc2ccc(S(=O)(=O)N3CCCCCC3)cc2)n1. The summed E-state index contributed by atoms with van der Waals surface area (Å²) < 4.78 is 29.4. The Balaban J connectivity index is 1.73. The first-order valence-electron chi connectivity index (χ1n) is 8.48. The van der Waals surface area contributed by atoms with E-state index in [9.17, 15) is 13.2 Å². The van der Waals surface area contributed by atoms with Crippen molar-refractivity contribution < 1.29 is 13.2 Å². The van der Waals surface area contributed by atoms with E-state index in [1.165, 1.54) is 0 Å². The highest BCUT2D eigenvalue weighted by Gasteiger charge is 2.25. The van der Waals surface area contributed by atoms with Crippen molar-refractivity contribution in [2.45, 2.75) is 30.6 Å². The molecular weight excluding hydrogens is 467 g/mol. The van der Waals surface area contributed by atoms with Crippen molar-refractivity contribution >= 4 is 44.2 Å². The van der Waals surface area contributed by atoms with E-state index in [2.05, 4.69) is 33.0 Å². The van der Waals surface area contributed by atoms with Gasteiger partial charge in [0.25, 0.3) is 5.91 Å². The van der Waals surface area contributed by atoms with Crippen LogP contribution in [-0.4, -0.2) is 41.5 Å². The van der Waals surface area contributed by atoms with Crippen LogP contribution < -0.4 is 5.32 Å². The van der Waals surface area contributed by atoms with Crippen molar-refractivity contribution in [2.24, 2.45) is 7.05 Å². The van der Waals surface area contributed by atoms with Crippen molar-refractivity contribution in [1.82, 2.24) is 14.1 Å². The molecule has 1 aromatic heterocycles. The number of hydrogen-bond donors (Lipinski definition) is 1. The molecule has 1 aliphatic rings. The monoisotopic (exact) mass is 488 g/mol. The number of aryl methyl sites for hydroxylation is 1. The fourth-order valence-corrected chi connectivity index (χ4v) is 5.22. The molecule has 0 atom stereocenters. The molecule has 1 fully saturated rings. The normalized spacial score (nSPS) is 16.2. The number of halogens is 1. The van der Waals surface area contributed by atoms with E-state index in [1.807, 2.05) is 0 Å². The molecule has 3 rings (SSSR count). The molecule has 0 saturated carbocycles. The van der Waals surface area contributed by atoms with Crippen molar-refractivity contribution in [3.05, 3.63) is 39.7 Å². The van der Waals surface area contributed by atoms with Crippen molar-refractivity contribution in [2.75, 3.05) is 18.4 Å². The first kappa shape index (κ1) is 19.3. The summed E-state index contributed by atoms with van der Waals surface area (Å²) in [7, 11) is -1.73.